The lowest BCUT2D eigenvalue weighted by Gasteiger charge is -2.14. The van der Waals surface area contributed by atoms with E-state index < -0.39 is 0 Å². The number of amides is 2. The zero-order valence-corrected chi connectivity index (χ0v) is 16.1. The van der Waals surface area contributed by atoms with Crippen molar-refractivity contribution in [3.8, 4) is 5.75 Å². The van der Waals surface area contributed by atoms with E-state index in [1.807, 2.05) is 26.0 Å². The zero-order valence-electron chi connectivity index (χ0n) is 16.1. The van der Waals surface area contributed by atoms with Gasteiger partial charge in [-0.25, -0.2) is 4.39 Å². The maximum Gasteiger partial charge on any atom is 0.255 e. The fourth-order valence-electron chi connectivity index (χ4n) is 2.63. The number of nitrogens with one attached hydrogen (secondary N) is 2. The summed E-state index contributed by atoms with van der Waals surface area (Å²) >= 11 is 0. The number of halogens is 1. The molecule has 0 aliphatic heterocycles. The standard InChI is InChI=1S/C23H21FN2O3/c1-15(2)29-21-6-4-3-5-20(21)26-23(28)17-9-7-16(8-10-17)22(27)25-19-13-11-18(24)12-14-19/h3-15H,1-2H3,(H,25,27)(H,26,28). The van der Waals surface area contributed by atoms with E-state index in [-0.39, 0.29) is 23.7 Å². The maximum atomic E-state index is 13.0. The van der Waals surface area contributed by atoms with E-state index in [1.54, 1.807) is 36.4 Å². The Labute approximate surface area is 168 Å². The molecule has 2 amide bonds. The number of carbonyl (C=O) groups excluding carboxylic acids is 2. The summed E-state index contributed by atoms with van der Waals surface area (Å²) in [6.45, 7) is 3.82. The van der Waals surface area contributed by atoms with Crippen LogP contribution >= 0.6 is 0 Å². The molecule has 0 fully saturated rings. The van der Waals surface area contributed by atoms with Crippen LogP contribution in [-0.2, 0) is 0 Å². The number of hydrogen-bond acceptors (Lipinski definition) is 3. The van der Waals surface area contributed by atoms with Crippen LogP contribution in [0.5, 0.6) is 5.75 Å². The first kappa shape index (κ1) is 20.1. The molecule has 3 aromatic rings. The van der Waals surface area contributed by atoms with Gasteiger partial charge in [0.25, 0.3) is 11.8 Å². The van der Waals surface area contributed by atoms with Gasteiger partial charge in [-0.2, -0.15) is 0 Å². The third-order valence-electron chi connectivity index (χ3n) is 4.01. The van der Waals surface area contributed by atoms with Gasteiger partial charge in [0.05, 0.1) is 11.8 Å². The Morgan fingerprint density at radius 3 is 1.93 bits per heavy atom. The fourth-order valence-corrected chi connectivity index (χ4v) is 2.63. The Kier molecular flexibility index (Phi) is 6.24. The number of anilines is 2. The summed E-state index contributed by atoms with van der Waals surface area (Å²) in [4.78, 5) is 24.8. The van der Waals surface area contributed by atoms with Crippen LogP contribution in [0, 0.1) is 5.82 Å². The minimum atomic E-state index is -0.376. The molecule has 0 saturated heterocycles. The van der Waals surface area contributed by atoms with Crippen molar-refractivity contribution < 1.29 is 18.7 Å². The summed E-state index contributed by atoms with van der Waals surface area (Å²) in [6.07, 6.45) is -0.0213. The normalized spacial score (nSPS) is 10.5. The Morgan fingerprint density at radius 1 is 0.793 bits per heavy atom. The number of para-hydroxylation sites is 2. The summed E-state index contributed by atoms with van der Waals surface area (Å²) in [7, 11) is 0. The highest BCUT2D eigenvalue weighted by Gasteiger charge is 2.12. The first-order valence-electron chi connectivity index (χ1n) is 9.16. The van der Waals surface area contributed by atoms with Gasteiger partial charge in [0.1, 0.15) is 11.6 Å². The van der Waals surface area contributed by atoms with Crippen molar-refractivity contribution in [2.24, 2.45) is 0 Å². The summed E-state index contributed by atoms with van der Waals surface area (Å²) in [6, 6.07) is 19.0. The largest absolute Gasteiger partial charge is 0.489 e. The predicted octanol–water partition coefficient (Wildman–Crippen LogP) is 5.12. The summed E-state index contributed by atoms with van der Waals surface area (Å²) in [5.41, 5.74) is 1.85. The molecule has 0 spiro atoms. The fraction of sp³-hybridized carbons (Fsp3) is 0.130. The van der Waals surface area contributed by atoms with Gasteiger partial charge in [0.2, 0.25) is 0 Å². The molecule has 0 aliphatic carbocycles. The molecule has 0 unspecified atom stereocenters. The second-order valence-electron chi connectivity index (χ2n) is 6.66. The van der Waals surface area contributed by atoms with Gasteiger partial charge in [-0.3, -0.25) is 9.59 Å². The molecule has 0 radical (unpaired) electrons. The van der Waals surface area contributed by atoms with Gasteiger partial charge in [-0.05, 0) is 74.5 Å². The van der Waals surface area contributed by atoms with Crippen LogP contribution in [0.3, 0.4) is 0 Å². The van der Waals surface area contributed by atoms with E-state index >= 15 is 0 Å². The zero-order chi connectivity index (χ0) is 20.8. The molecular weight excluding hydrogens is 371 g/mol. The van der Waals surface area contributed by atoms with Crippen molar-refractivity contribution in [3.63, 3.8) is 0 Å². The van der Waals surface area contributed by atoms with Crippen molar-refractivity contribution >= 4 is 23.2 Å². The lowest BCUT2D eigenvalue weighted by Crippen LogP contribution is -2.15. The lowest BCUT2D eigenvalue weighted by atomic mass is 10.1. The van der Waals surface area contributed by atoms with Crippen LogP contribution in [0.4, 0.5) is 15.8 Å². The van der Waals surface area contributed by atoms with Crippen LogP contribution < -0.4 is 15.4 Å². The molecule has 0 atom stereocenters. The van der Waals surface area contributed by atoms with E-state index in [2.05, 4.69) is 10.6 Å². The lowest BCUT2D eigenvalue weighted by molar-refractivity contribution is 0.101. The molecule has 0 saturated carbocycles. The smallest absolute Gasteiger partial charge is 0.255 e. The molecule has 0 aliphatic rings. The molecule has 3 aromatic carbocycles. The van der Waals surface area contributed by atoms with Crippen molar-refractivity contribution in [1.29, 1.82) is 0 Å². The van der Waals surface area contributed by atoms with E-state index in [0.29, 0.717) is 28.3 Å². The molecule has 0 heterocycles. The highest BCUT2D eigenvalue weighted by molar-refractivity contribution is 6.07. The van der Waals surface area contributed by atoms with Gasteiger partial charge in [-0.1, -0.05) is 12.1 Å². The van der Waals surface area contributed by atoms with Gasteiger partial charge < -0.3 is 15.4 Å². The van der Waals surface area contributed by atoms with Gasteiger partial charge in [0.15, 0.2) is 0 Å². The molecule has 5 nitrogen and oxygen atoms in total. The van der Waals surface area contributed by atoms with Crippen molar-refractivity contribution in [2.45, 2.75) is 20.0 Å². The first-order chi connectivity index (χ1) is 13.9. The second kappa shape index (κ2) is 9.01. The van der Waals surface area contributed by atoms with E-state index in [9.17, 15) is 14.0 Å². The number of carbonyl (C=O) groups is 2. The molecule has 2 N–H and O–H groups in total. The van der Waals surface area contributed by atoms with Gasteiger partial charge in [-0.15, -0.1) is 0 Å². The Hall–Kier alpha value is -3.67. The van der Waals surface area contributed by atoms with Crippen LogP contribution in [0.2, 0.25) is 0 Å². The molecule has 0 aromatic heterocycles. The van der Waals surface area contributed by atoms with Crippen molar-refractivity contribution in [2.75, 3.05) is 10.6 Å². The summed E-state index contributed by atoms with van der Waals surface area (Å²) < 4.78 is 18.7. The second-order valence-corrected chi connectivity index (χ2v) is 6.66. The molecule has 3 rings (SSSR count). The highest BCUT2D eigenvalue weighted by atomic mass is 19.1. The van der Waals surface area contributed by atoms with Crippen LogP contribution in [0.1, 0.15) is 34.6 Å². The maximum absolute atomic E-state index is 13.0. The highest BCUT2D eigenvalue weighted by Crippen LogP contribution is 2.25. The topological polar surface area (TPSA) is 67.4 Å². The van der Waals surface area contributed by atoms with E-state index in [0.717, 1.165) is 0 Å². The average Bonchev–Trinajstić information content (AvgIpc) is 2.71. The van der Waals surface area contributed by atoms with Crippen LogP contribution in [0.15, 0.2) is 72.8 Å². The van der Waals surface area contributed by atoms with E-state index in [1.165, 1.54) is 24.3 Å². The third kappa shape index (κ3) is 5.42. The van der Waals surface area contributed by atoms with Gasteiger partial charge in [0, 0.05) is 16.8 Å². The molecule has 148 valence electrons. The quantitative estimate of drug-likeness (QED) is 0.612. The van der Waals surface area contributed by atoms with Gasteiger partial charge >= 0.3 is 0 Å². The summed E-state index contributed by atoms with van der Waals surface area (Å²) in [5, 5.41) is 5.50. The Balaban J connectivity index is 1.67. The van der Waals surface area contributed by atoms with Crippen molar-refractivity contribution in [1.82, 2.24) is 0 Å². The number of ether oxygens (including phenoxy) is 1. The number of benzene rings is 3. The number of hydrogen-bond donors (Lipinski definition) is 2. The molecule has 29 heavy (non-hydrogen) atoms. The monoisotopic (exact) mass is 392 g/mol. The Morgan fingerprint density at radius 2 is 1.34 bits per heavy atom. The molecule has 6 heteroatoms. The molecule has 0 bridgehead atoms. The Bertz CT molecular complexity index is 999. The minimum Gasteiger partial charge on any atom is -0.489 e. The summed E-state index contributed by atoms with van der Waals surface area (Å²) in [5.74, 6) is -0.445. The third-order valence-corrected chi connectivity index (χ3v) is 4.01. The minimum absolute atomic E-state index is 0.0213. The number of rotatable bonds is 6. The van der Waals surface area contributed by atoms with Crippen LogP contribution in [0.25, 0.3) is 0 Å². The van der Waals surface area contributed by atoms with Crippen molar-refractivity contribution in [3.05, 3.63) is 89.7 Å². The van der Waals surface area contributed by atoms with Crippen LogP contribution in [-0.4, -0.2) is 17.9 Å². The first-order valence-corrected chi connectivity index (χ1v) is 9.16. The molecular formula is C23H21FN2O3. The van der Waals surface area contributed by atoms with E-state index in [4.69, 9.17) is 4.74 Å². The SMILES string of the molecule is CC(C)Oc1ccccc1NC(=O)c1ccc(C(=O)Nc2ccc(F)cc2)cc1. The average molecular weight is 392 g/mol. The predicted molar refractivity (Wildman–Crippen MR) is 111 cm³/mol.